The summed E-state index contributed by atoms with van der Waals surface area (Å²) in [7, 11) is 0. The van der Waals surface area contributed by atoms with Gasteiger partial charge in [-0.3, -0.25) is 9.59 Å². The van der Waals surface area contributed by atoms with Gasteiger partial charge >= 0.3 is 5.97 Å². The SMILES string of the molecule is CCN(CC(=O)O)C(=O)/C=C/c1cccc(Br)c1. The normalized spacial score (nSPS) is 10.6. The molecule has 1 amide bonds. The summed E-state index contributed by atoms with van der Waals surface area (Å²) in [6.07, 6.45) is 3.05. The number of hydrogen-bond acceptors (Lipinski definition) is 2. The predicted octanol–water partition coefficient (Wildman–Crippen LogP) is 2.40. The molecule has 5 heteroatoms. The lowest BCUT2D eigenvalue weighted by Crippen LogP contribution is -2.34. The Kier molecular flexibility index (Phi) is 5.58. The number of aliphatic carboxylic acids is 1. The summed E-state index contributed by atoms with van der Waals surface area (Å²) >= 11 is 3.34. The van der Waals surface area contributed by atoms with E-state index in [4.69, 9.17) is 5.11 Å². The molecule has 4 nitrogen and oxygen atoms in total. The number of nitrogens with zero attached hydrogens (tertiary/aromatic N) is 1. The van der Waals surface area contributed by atoms with Crippen molar-refractivity contribution in [2.24, 2.45) is 0 Å². The number of halogens is 1. The first-order valence-corrected chi connectivity index (χ1v) is 6.26. The molecule has 18 heavy (non-hydrogen) atoms. The first-order chi connectivity index (χ1) is 8.52. The van der Waals surface area contributed by atoms with Gasteiger partial charge in [-0.15, -0.1) is 0 Å². The van der Waals surface area contributed by atoms with Crippen molar-refractivity contribution < 1.29 is 14.7 Å². The van der Waals surface area contributed by atoms with Crippen LogP contribution >= 0.6 is 15.9 Å². The monoisotopic (exact) mass is 311 g/mol. The standard InChI is InChI=1S/C13H14BrNO3/c1-2-15(9-13(17)18)12(16)7-6-10-4-3-5-11(14)8-10/h3-8H,2,9H2,1H3,(H,17,18)/b7-6+. The van der Waals surface area contributed by atoms with Crippen LogP contribution in [-0.2, 0) is 9.59 Å². The van der Waals surface area contributed by atoms with E-state index < -0.39 is 5.97 Å². The Morgan fingerprint density at radius 3 is 2.72 bits per heavy atom. The number of amides is 1. The van der Waals surface area contributed by atoms with E-state index in [-0.39, 0.29) is 12.5 Å². The highest BCUT2D eigenvalue weighted by Crippen LogP contribution is 2.12. The molecule has 0 aliphatic carbocycles. The number of carbonyl (C=O) groups excluding carboxylic acids is 1. The lowest BCUT2D eigenvalue weighted by molar-refractivity contribution is -0.142. The van der Waals surface area contributed by atoms with Crippen molar-refractivity contribution in [3.8, 4) is 0 Å². The van der Waals surface area contributed by atoms with Gasteiger partial charge in [-0.25, -0.2) is 0 Å². The Bertz CT molecular complexity index is 471. The molecular weight excluding hydrogens is 298 g/mol. The van der Waals surface area contributed by atoms with Gasteiger partial charge in [0.15, 0.2) is 0 Å². The van der Waals surface area contributed by atoms with Crippen molar-refractivity contribution in [2.45, 2.75) is 6.92 Å². The van der Waals surface area contributed by atoms with E-state index in [1.165, 1.54) is 11.0 Å². The minimum atomic E-state index is -1.01. The van der Waals surface area contributed by atoms with Gasteiger partial charge in [0.2, 0.25) is 5.91 Å². The largest absolute Gasteiger partial charge is 0.480 e. The number of benzene rings is 1. The molecule has 0 aliphatic rings. The number of carboxylic acids is 1. The predicted molar refractivity (Wildman–Crippen MR) is 73.1 cm³/mol. The Labute approximate surface area is 114 Å². The molecule has 0 aromatic heterocycles. The molecule has 1 N–H and O–H groups in total. The third-order valence-corrected chi connectivity index (χ3v) is 2.78. The fraction of sp³-hybridized carbons (Fsp3) is 0.231. The zero-order valence-corrected chi connectivity index (χ0v) is 11.6. The quantitative estimate of drug-likeness (QED) is 0.849. The van der Waals surface area contributed by atoms with E-state index >= 15 is 0 Å². The molecule has 1 aromatic rings. The fourth-order valence-electron chi connectivity index (χ4n) is 1.39. The molecule has 0 saturated heterocycles. The molecule has 0 radical (unpaired) electrons. The number of carboxylic acid groups (broad SMARTS) is 1. The number of rotatable bonds is 5. The molecule has 0 aliphatic heterocycles. The summed E-state index contributed by atoms with van der Waals surface area (Å²) in [6.45, 7) is 1.83. The smallest absolute Gasteiger partial charge is 0.323 e. The van der Waals surface area contributed by atoms with Gasteiger partial charge in [-0.05, 0) is 30.7 Å². The molecule has 0 bridgehead atoms. The van der Waals surface area contributed by atoms with Crippen LogP contribution in [0, 0.1) is 0 Å². The lowest BCUT2D eigenvalue weighted by atomic mass is 10.2. The highest BCUT2D eigenvalue weighted by molar-refractivity contribution is 9.10. The summed E-state index contributed by atoms with van der Waals surface area (Å²) < 4.78 is 0.926. The van der Waals surface area contributed by atoms with E-state index in [1.807, 2.05) is 24.3 Å². The second kappa shape index (κ2) is 6.96. The Hall–Kier alpha value is -1.62. The van der Waals surface area contributed by atoms with Gasteiger partial charge in [0.25, 0.3) is 0 Å². The van der Waals surface area contributed by atoms with Gasteiger partial charge in [0.1, 0.15) is 6.54 Å². The highest BCUT2D eigenvalue weighted by Gasteiger charge is 2.11. The molecule has 0 fully saturated rings. The van der Waals surface area contributed by atoms with Crippen molar-refractivity contribution in [3.05, 3.63) is 40.4 Å². The van der Waals surface area contributed by atoms with Gasteiger partial charge in [0.05, 0.1) is 0 Å². The van der Waals surface area contributed by atoms with Crippen LogP contribution in [0.4, 0.5) is 0 Å². The molecule has 0 saturated carbocycles. The summed E-state index contributed by atoms with van der Waals surface area (Å²) in [5, 5.41) is 8.66. The average Bonchev–Trinajstić information content (AvgIpc) is 2.33. The van der Waals surface area contributed by atoms with Crippen molar-refractivity contribution in [3.63, 3.8) is 0 Å². The van der Waals surface area contributed by atoms with Crippen molar-refractivity contribution in [2.75, 3.05) is 13.1 Å². The van der Waals surface area contributed by atoms with Gasteiger partial charge in [-0.1, -0.05) is 28.1 Å². The Morgan fingerprint density at radius 1 is 1.44 bits per heavy atom. The van der Waals surface area contributed by atoms with Crippen LogP contribution in [0.5, 0.6) is 0 Å². The minimum absolute atomic E-state index is 0.280. The Balaban J connectivity index is 2.71. The first kappa shape index (κ1) is 14.4. The van der Waals surface area contributed by atoms with Crippen LogP contribution in [0.3, 0.4) is 0 Å². The first-order valence-electron chi connectivity index (χ1n) is 5.47. The van der Waals surface area contributed by atoms with Crippen molar-refractivity contribution in [1.82, 2.24) is 4.90 Å². The molecule has 0 spiro atoms. The van der Waals surface area contributed by atoms with Gasteiger partial charge in [0, 0.05) is 17.1 Å². The van der Waals surface area contributed by atoms with E-state index in [0.29, 0.717) is 6.54 Å². The second-order valence-corrected chi connectivity index (χ2v) is 4.55. The maximum Gasteiger partial charge on any atom is 0.323 e. The summed E-state index contributed by atoms with van der Waals surface area (Å²) in [5.41, 5.74) is 0.879. The molecular formula is C13H14BrNO3. The summed E-state index contributed by atoms with van der Waals surface area (Å²) in [4.78, 5) is 23.6. The van der Waals surface area contributed by atoms with Gasteiger partial charge < -0.3 is 10.0 Å². The zero-order chi connectivity index (χ0) is 13.5. The van der Waals surface area contributed by atoms with E-state index in [0.717, 1.165) is 10.0 Å². The van der Waals surface area contributed by atoms with Crippen LogP contribution in [0.25, 0.3) is 6.08 Å². The molecule has 1 aromatic carbocycles. The van der Waals surface area contributed by atoms with E-state index in [9.17, 15) is 9.59 Å². The van der Waals surface area contributed by atoms with Gasteiger partial charge in [-0.2, -0.15) is 0 Å². The van der Waals surface area contributed by atoms with Crippen LogP contribution in [0.1, 0.15) is 12.5 Å². The van der Waals surface area contributed by atoms with Crippen LogP contribution in [0.2, 0.25) is 0 Å². The number of carbonyl (C=O) groups is 2. The third-order valence-electron chi connectivity index (χ3n) is 2.29. The molecule has 0 unspecified atom stereocenters. The van der Waals surface area contributed by atoms with Crippen LogP contribution in [-0.4, -0.2) is 35.0 Å². The van der Waals surface area contributed by atoms with Crippen molar-refractivity contribution in [1.29, 1.82) is 0 Å². The molecule has 96 valence electrons. The van der Waals surface area contributed by atoms with E-state index in [1.54, 1.807) is 13.0 Å². The lowest BCUT2D eigenvalue weighted by Gasteiger charge is -2.15. The fourth-order valence-corrected chi connectivity index (χ4v) is 1.81. The molecule has 0 heterocycles. The number of likely N-dealkylation sites (N-methyl/N-ethyl adjacent to an activating group) is 1. The molecule has 0 atom stereocenters. The maximum absolute atomic E-state index is 11.7. The van der Waals surface area contributed by atoms with Crippen LogP contribution in [0.15, 0.2) is 34.8 Å². The maximum atomic E-state index is 11.7. The zero-order valence-electron chi connectivity index (χ0n) is 9.97. The van der Waals surface area contributed by atoms with Crippen LogP contribution < -0.4 is 0 Å². The highest BCUT2D eigenvalue weighted by atomic mass is 79.9. The summed E-state index contributed by atoms with van der Waals surface area (Å²) in [6, 6.07) is 7.49. The molecule has 1 rings (SSSR count). The minimum Gasteiger partial charge on any atom is -0.480 e. The topological polar surface area (TPSA) is 57.6 Å². The summed E-state index contributed by atoms with van der Waals surface area (Å²) in [5.74, 6) is -1.32. The second-order valence-electron chi connectivity index (χ2n) is 3.63. The third kappa shape index (κ3) is 4.71. The number of hydrogen-bond donors (Lipinski definition) is 1. The average molecular weight is 312 g/mol. The van der Waals surface area contributed by atoms with E-state index in [2.05, 4.69) is 15.9 Å². The van der Waals surface area contributed by atoms with Crippen molar-refractivity contribution >= 4 is 33.9 Å². The Morgan fingerprint density at radius 2 is 2.17 bits per heavy atom.